The van der Waals surface area contributed by atoms with Crippen LogP contribution in [0.2, 0.25) is 5.02 Å². The zero-order valence-corrected chi connectivity index (χ0v) is 15.8. The molecule has 3 rings (SSSR count). The number of nitrogens with zero attached hydrogens (tertiary/aromatic N) is 1. The Morgan fingerprint density at radius 2 is 1.88 bits per heavy atom. The van der Waals surface area contributed by atoms with E-state index in [1.165, 1.54) is 5.56 Å². The van der Waals surface area contributed by atoms with Crippen LogP contribution in [0.1, 0.15) is 30.9 Å². The molecule has 0 aromatic heterocycles. The highest BCUT2D eigenvalue weighted by molar-refractivity contribution is 6.30. The first-order chi connectivity index (χ1) is 12.7. The number of fused-ring (bicyclic) bond motifs is 1. The van der Waals surface area contributed by atoms with Gasteiger partial charge in [0.05, 0.1) is 0 Å². The number of carbonyl (C=O) groups is 1. The molecule has 0 saturated heterocycles. The molecule has 0 unspecified atom stereocenters. The van der Waals surface area contributed by atoms with Gasteiger partial charge in [-0.15, -0.1) is 0 Å². The third-order valence-corrected chi connectivity index (χ3v) is 4.76. The molecule has 0 N–H and O–H groups in total. The van der Waals surface area contributed by atoms with Crippen molar-refractivity contribution in [2.45, 2.75) is 32.7 Å². The maximum atomic E-state index is 12.6. The molecule has 1 aliphatic rings. The Hall–Kier alpha value is -2.20. The highest BCUT2D eigenvalue weighted by Crippen LogP contribution is 2.34. The number of carbonyl (C=O) groups excluding carboxylic acids is 1. The third-order valence-electron chi connectivity index (χ3n) is 4.51. The van der Waals surface area contributed by atoms with E-state index < -0.39 is 0 Å². The Morgan fingerprint density at radius 3 is 2.65 bits per heavy atom. The van der Waals surface area contributed by atoms with E-state index in [4.69, 9.17) is 21.1 Å². The summed E-state index contributed by atoms with van der Waals surface area (Å²) in [6.07, 6.45) is 2.23. The molecule has 1 aliphatic heterocycles. The van der Waals surface area contributed by atoms with Crippen LogP contribution >= 0.6 is 11.6 Å². The fourth-order valence-corrected chi connectivity index (χ4v) is 3.22. The van der Waals surface area contributed by atoms with E-state index in [2.05, 4.69) is 0 Å². The summed E-state index contributed by atoms with van der Waals surface area (Å²) >= 11 is 5.90. The highest BCUT2D eigenvalue weighted by Gasteiger charge is 2.19. The van der Waals surface area contributed by atoms with Crippen LogP contribution in [0.15, 0.2) is 42.5 Å². The second-order valence-corrected chi connectivity index (χ2v) is 6.77. The van der Waals surface area contributed by atoms with Gasteiger partial charge >= 0.3 is 0 Å². The number of aryl methyl sites for hydroxylation is 1. The minimum absolute atomic E-state index is 0.163. The van der Waals surface area contributed by atoms with Crippen molar-refractivity contribution in [3.05, 3.63) is 58.6 Å². The molecule has 1 amide bonds. The molecule has 0 aliphatic carbocycles. The lowest BCUT2D eigenvalue weighted by atomic mass is 10.1. The fourth-order valence-electron chi connectivity index (χ4n) is 3.09. The molecule has 2 aromatic rings. The van der Waals surface area contributed by atoms with E-state index in [1.54, 1.807) is 0 Å². The predicted octanol–water partition coefficient (Wildman–Crippen LogP) is 4.48. The van der Waals surface area contributed by atoms with Crippen LogP contribution in [0.5, 0.6) is 11.5 Å². The van der Waals surface area contributed by atoms with Crippen molar-refractivity contribution in [2.24, 2.45) is 0 Å². The van der Waals surface area contributed by atoms with Crippen molar-refractivity contribution in [2.75, 3.05) is 19.8 Å². The van der Waals surface area contributed by atoms with Crippen LogP contribution in [-0.2, 0) is 17.8 Å². The summed E-state index contributed by atoms with van der Waals surface area (Å²) in [5.41, 5.74) is 2.20. The number of rotatable bonds is 7. The zero-order valence-electron chi connectivity index (χ0n) is 15.0. The van der Waals surface area contributed by atoms with Gasteiger partial charge in [-0.05, 0) is 43.5 Å². The van der Waals surface area contributed by atoms with Crippen LogP contribution in [-0.4, -0.2) is 30.6 Å². The summed E-state index contributed by atoms with van der Waals surface area (Å²) in [5.74, 6) is 1.70. The standard InChI is InChI=1S/C21H24ClNO3/c1-2-23(15-17-6-4-7-19-21(17)26-14-13-25-19)20(24)8-3-5-16-9-11-18(22)12-10-16/h4,6-7,9-12H,2-3,5,8,13-15H2,1H3. The minimum Gasteiger partial charge on any atom is -0.486 e. The molecule has 2 aromatic carbocycles. The first kappa shape index (κ1) is 18.6. The van der Waals surface area contributed by atoms with Gasteiger partial charge in [-0.1, -0.05) is 35.9 Å². The molecule has 0 fully saturated rings. The van der Waals surface area contributed by atoms with Gasteiger partial charge in [0.25, 0.3) is 0 Å². The number of benzene rings is 2. The maximum absolute atomic E-state index is 12.6. The average Bonchev–Trinajstić information content (AvgIpc) is 2.67. The van der Waals surface area contributed by atoms with Crippen LogP contribution in [0, 0.1) is 0 Å². The topological polar surface area (TPSA) is 38.8 Å². The van der Waals surface area contributed by atoms with Crippen molar-refractivity contribution in [1.29, 1.82) is 0 Å². The molecular formula is C21H24ClNO3. The second-order valence-electron chi connectivity index (χ2n) is 6.33. The predicted molar refractivity (Wildman–Crippen MR) is 103 cm³/mol. The Balaban J connectivity index is 1.56. The number of amides is 1. The Bertz CT molecular complexity index is 745. The number of halogens is 1. The Labute approximate surface area is 159 Å². The number of ether oxygens (including phenoxy) is 2. The highest BCUT2D eigenvalue weighted by atomic mass is 35.5. The zero-order chi connectivity index (χ0) is 18.4. The van der Waals surface area contributed by atoms with Crippen LogP contribution in [0.4, 0.5) is 0 Å². The van der Waals surface area contributed by atoms with E-state index in [1.807, 2.05) is 54.3 Å². The first-order valence-electron chi connectivity index (χ1n) is 9.07. The minimum atomic E-state index is 0.163. The van der Waals surface area contributed by atoms with Crippen LogP contribution < -0.4 is 9.47 Å². The lowest BCUT2D eigenvalue weighted by Crippen LogP contribution is -2.30. The van der Waals surface area contributed by atoms with E-state index in [0.717, 1.165) is 34.9 Å². The monoisotopic (exact) mass is 373 g/mol. The van der Waals surface area contributed by atoms with Gasteiger partial charge in [-0.2, -0.15) is 0 Å². The van der Waals surface area contributed by atoms with Gasteiger partial charge in [0.1, 0.15) is 13.2 Å². The van der Waals surface area contributed by atoms with Gasteiger partial charge < -0.3 is 14.4 Å². The molecule has 5 heteroatoms. The lowest BCUT2D eigenvalue weighted by molar-refractivity contribution is -0.131. The first-order valence-corrected chi connectivity index (χ1v) is 9.45. The van der Waals surface area contributed by atoms with Crippen molar-refractivity contribution >= 4 is 17.5 Å². The van der Waals surface area contributed by atoms with Crippen LogP contribution in [0.25, 0.3) is 0 Å². The molecule has 0 radical (unpaired) electrons. The van der Waals surface area contributed by atoms with Gasteiger partial charge in [0.15, 0.2) is 11.5 Å². The van der Waals surface area contributed by atoms with E-state index >= 15 is 0 Å². The fraction of sp³-hybridized carbons (Fsp3) is 0.381. The molecule has 1 heterocycles. The molecule has 0 spiro atoms. The number of hydrogen-bond donors (Lipinski definition) is 0. The SMILES string of the molecule is CCN(Cc1cccc2c1OCCO2)C(=O)CCCc1ccc(Cl)cc1. The smallest absolute Gasteiger partial charge is 0.222 e. The molecule has 0 atom stereocenters. The van der Waals surface area contributed by atoms with Gasteiger partial charge in [0.2, 0.25) is 5.91 Å². The molecule has 4 nitrogen and oxygen atoms in total. The van der Waals surface area contributed by atoms with E-state index in [9.17, 15) is 4.79 Å². The quantitative estimate of drug-likeness (QED) is 0.718. The Morgan fingerprint density at radius 1 is 1.12 bits per heavy atom. The van der Waals surface area contributed by atoms with Gasteiger partial charge in [-0.3, -0.25) is 4.79 Å². The summed E-state index contributed by atoms with van der Waals surface area (Å²) in [5, 5.41) is 0.736. The molecule has 138 valence electrons. The maximum Gasteiger partial charge on any atom is 0.222 e. The summed E-state index contributed by atoms with van der Waals surface area (Å²) in [4.78, 5) is 14.5. The molecule has 0 bridgehead atoms. The number of para-hydroxylation sites is 1. The van der Waals surface area contributed by atoms with E-state index in [0.29, 0.717) is 32.7 Å². The summed E-state index contributed by atoms with van der Waals surface area (Å²) in [6, 6.07) is 13.6. The largest absolute Gasteiger partial charge is 0.486 e. The normalized spacial score (nSPS) is 12.7. The summed E-state index contributed by atoms with van der Waals surface area (Å²) < 4.78 is 11.4. The molecule has 0 saturated carbocycles. The average molecular weight is 374 g/mol. The Kier molecular flexibility index (Phi) is 6.40. The van der Waals surface area contributed by atoms with Crippen LogP contribution in [0.3, 0.4) is 0 Å². The van der Waals surface area contributed by atoms with Crippen molar-refractivity contribution < 1.29 is 14.3 Å². The third kappa shape index (κ3) is 4.70. The lowest BCUT2D eigenvalue weighted by Gasteiger charge is -2.25. The summed E-state index contributed by atoms with van der Waals surface area (Å²) in [6.45, 7) is 4.33. The number of hydrogen-bond acceptors (Lipinski definition) is 3. The van der Waals surface area contributed by atoms with Gasteiger partial charge in [0, 0.05) is 30.1 Å². The van der Waals surface area contributed by atoms with Crippen molar-refractivity contribution in [3.63, 3.8) is 0 Å². The van der Waals surface area contributed by atoms with Gasteiger partial charge in [-0.25, -0.2) is 0 Å². The van der Waals surface area contributed by atoms with E-state index in [-0.39, 0.29) is 5.91 Å². The van der Waals surface area contributed by atoms with Crippen molar-refractivity contribution in [1.82, 2.24) is 4.90 Å². The van der Waals surface area contributed by atoms with Crippen molar-refractivity contribution in [3.8, 4) is 11.5 Å². The molecular weight excluding hydrogens is 350 g/mol. The molecule has 26 heavy (non-hydrogen) atoms. The summed E-state index contributed by atoms with van der Waals surface area (Å²) in [7, 11) is 0. The second kappa shape index (κ2) is 8.95.